The first kappa shape index (κ1) is 21.9. The van der Waals surface area contributed by atoms with Gasteiger partial charge >= 0.3 is 6.36 Å². The van der Waals surface area contributed by atoms with E-state index in [9.17, 15) is 23.1 Å². The Morgan fingerprint density at radius 1 is 1.30 bits per heavy atom. The highest BCUT2D eigenvalue weighted by molar-refractivity contribution is 6.23. The van der Waals surface area contributed by atoms with Crippen LogP contribution in [0.15, 0.2) is 34.5 Å². The number of aromatic nitrogens is 1. The number of benzene rings is 1. The van der Waals surface area contributed by atoms with Gasteiger partial charge in [-0.3, -0.25) is 9.79 Å². The Kier molecular flexibility index (Phi) is 6.53. The zero-order valence-corrected chi connectivity index (χ0v) is 17.0. The minimum absolute atomic E-state index is 0.0804. The van der Waals surface area contributed by atoms with Crippen molar-refractivity contribution in [3.8, 4) is 5.75 Å². The van der Waals surface area contributed by atoms with Gasteiger partial charge in [-0.2, -0.15) is 0 Å². The molecule has 2 N–H and O–H groups in total. The number of H-pyrrole nitrogens is 1. The van der Waals surface area contributed by atoms with Gasteiger partial charge in [0, 0.05) is 41.7 Å². The van der Waals surface area contributed by atoms with Gasteiger partial charge in [-0.1, -0.05) is 13.3 Å². The molecule has 1 aliphatic carbocycles. The van der Waals surface area contributed by atoms with Crippen molar-refractivity contribution in [2.45, 2.75) is 58.7 Å². The summed E-state index contributed by atoms with van der Waals surface area (Å²) in [5.74, 6) is -0.243. The van der Waals surface area contributed by atoms with Crippen molar-refractivity contribution in [3.63, 3.8) is 0 Å². The molecule has 8 heteroatoms. The Balaban J connectivity index is 1.85. The number of rotatable bonds is 7. The number of fused-ring (bicyclic) bond motifs is 1. The fraction of sp³-hybridized carbons (Fsp3) is 0.455. The van der Waals surface area contributed by atoms with Crippen molar-refractivity contribution in [3.05, 3.63) is 40.8 Å². The minimum atomic E-state index is -4.75. The molecule has 0 saturated carbocycles. The molecule has 0 fully saturated rings. The van der Waals surface area contributed by atoms with Crippen molar-refractivity contribution < 1.29 is 27.8 Å². The molecule has 1 aromatic heterocycles. The highest BCUT2D eigenvalue weighted by Gasteiger charge is 2.31. The molecule has 0 spiro atoms. The predicted molar refractivity (Wildman–Crippen MR) is 109 cm³/mol. The lowest BCUT2D eigenvalue weighted by molar-refractivity contribution is -0.274. The second-order valence-electron chi connectivity index (χ2n) is 7.41. The number of ether oxygens (including phenoxy) is 1. The van der Waals surface area contributed by atoms with E-state index in [1.54, 1.807) is 6.07 Å². The number of aryl methyl sites for hydroxylation is 1. The predicted octanol–water partition coefficient (Wildman–Crippen LogP) is 5.72. The number of aliphatic imine (C=N–C) groups is 1. The largest absolute Gasteiger partial charge is 0.573 e. The number of aromatic amines is 1. The van der Waals surface area contributed by atoms with Crippen LogP contribution in [0.3, 0.4) is 0 Å². The maximum absolute atomic E-state index is 12.6. The summed E-state index contributed by atoms with van der Waals surface area (Å²) in [4.78, 5) is 20.0. The van der Waals surface area contributed by atoms with E-state index in [1.807, 2.05) is 13.8 Å². The van der Waals surface area contributed by atoms with Crippen LogP contribution in [0.5, 0.6) is 5.75 Å². The molecule has 0 radical (unpaired) electrons. The van der Waals surface area contributed by atoms with Gasteiger partial charge in [-0.15, -0.1) is 13.2 Å². The summed E-state index contributed by atoms with van der Waals surface area (Å²) >= 11 is 0. The van der Waals surface area contributed by atoms with Crippen LogP contribution in [0.25, 0.3) is 10.9 Å². The molecular weight excluding hydrogens is 397 g/mol. The Morgan fingerprint density at radius 3 is 2.73 bits per heavy atom. The second kappa shape index (κ2) is 8.93. The Morgan fingerprint density at radius 2 is 2.07 bits per heavy atom. The van der Waals surface area contributed by atoms with Gasteiger partial charge in [-0.25, -0.2) is 0 Å². The summed E-state index contributed by atoms with van der Waals surface area (Å²) in [6.07, 6.45) is -1.37. The van der Waals surface area contributed by atoms with Crippen molar-refractivity contribution in [1.29, 1.82) is 0 Å². The minimum Gasteiger partial charge on any atom is -0.511 e. The molecule has 0 unspecified atom stereocenters. The van der Waals surface area contributed by atoms with E-state index in [-0.39, 0.29) is 17.3 Å². The number of Topliss-reactive ketones (excluding diaryl/α,β-unsaturated/α-hetero) is 1. The number of alkyl halides is 3. The van der Waals surface area contributed by atoms with Gasteiger partial charge in [0.2, 0.25) is 0 Å². The van der Waals surface area contributed by atoms with Crippen molar-refractivity contribution in [1.82, 2.24) is 4.98 Å². The molecular formula is C22H25F3N2O3. The number of aliphatic hydroxyl groups is 1. The lowest BCUT2D eigenvalue weighted by atomic mass is 9.91. The quantitative estimate of drug-likeness (QED) is 0.560. The normalized spacial score (nSPS) is 15.9. The Hall–Kier alpha value is -2.77. The van der Waals surface area contributed by atoms with Crippen molar-refractivity contribution in [2.24, 2.45) is 4.99 Å². The molecule has 0 aliphatic heterocycles. The Bertz CT molecular complexity index is 1000. The summed E-state index contributed by atoms with van der Waals surface area (Å²) in [6, 6.07) is 4.20. The van der Waals surface area contributed by atoms with Gasteiger partial charge in [0.1, 0.15) is 11.5 Å². The number of nitrogens with one attached hydrogen (secondary N) is 1. The maximum atomic E-state index is 12.6. The lowest BCUT2D eigenvalue weighted by Gasteiger charge is -2.17. The smallest absolute Gasteiger partial charge is 0.511 e. The second-order valence-corrected chi connectivity index (χ2v) is 7.41. The van der Waals surface area contributed by atoms with Crippen LogP contribution in [-0.4, -0.2) is 34.5 Å². The van der Waals surface area contributed by atoms with Crippen LogP contribution >= 0.6 is 0 Å². The first-order valence-electron chi connectivity index (χ1n) is 10.1. The van der Waals surface area contributed by atoms with Gasteiger partial charge in [0.25, 0.3) is 0 Å². The van der Waals surface area contributed by atoms with Crippen molar-refractivity contribution in [2.75, 3.05) is 6.54 Å². The number of aliphatic hydroxyl groups excluding tert-OH is 1. The number of carbonyl (C=O) groups excluding carboxylic acids is 1. The summed E-state index contributed by atoms with van der Waals surface area (Å²) in [5, 5.41) is 10.8. The highest BCUT2D eigenvalue weighted by atomic mass is 19.4. The number of ketones is 1. The number of hydrogen-bond donors (Lipinski definition) is 2. The first-order chi connectivity index (χ1) is 14.2. The zero-order chi connectivity index (χ0) is 21.9. The van der Waals surface area contributed by atoms with Gasteiger partial charge < -0.3 is 14.8 Å². The van der Waals surface area contributed by atoms with Crippen LogP contribution in [0.4, 0.5) is 13.2 Å². The third kappa shape index (κ3) is 5.04. The third-order valence-electron chi connectivity index (χ3n) is 5.15. The highest BCUT2D eigenvalue weighted by Crippen LogP contribution is 2.30. The molecule has 162 valence electrons. The van der Waals surface area contributed by atoms with E-state index in [0.29, 0.717) is 55.3 Å². The average Bonchev–Trinajstić information content (AvgIpc) is 2.95. The monoisotopic (exact) mass is 422 g/mol. The number of hydrogen-bond acceptors (Lipinski definition) is 4. The van der Waals surface area contributed by atoms with E-state index < -0.39 is 6.36 Å². The molecule has 1 aliphatic rings. The Labute approximate surface area is 172 Å². The third-order valence-corrected chi connectivity index (χ3v) is 5.15. The van der Waals surface area contributed by atoms with Gasteiger partial charge in [0.15, 0.2) is 5.78 Å². The number of allylic oxidation sites excluding steroid dienone is 2. The van der Waals surface area contributed by atoms with E-state index >= 15 is 0 Å². The molecule has 1 aromatic carbocycles. The fourth-order valence-corrected chi connectivity index (χ4v) is 3.86. The molecule has 0 saturated heterocycles. The first-order valence-corrected chi connectivity index (χ1v) is 10.1. The summed E-state index contributed by atoms with van der Waals surface area (Å²) in [5.41, 5.74) is 3.37. The number of halogens is 3. The van der Waals surface area contributed by atoms with E-state index in [0.717, 1.165) is 23.2 Å². The van der Waals surface area contributed by atoms with Crippen molar-refractivity contribution >= 4 is 22.4 Å². The number of carbonyl (C=O) groups is 1. The zero-order valence-electron chi connectivity index (χ0n) is 17.0. The fourth-order valence-electron chi connectivity index (χ4n) is 3.86. The van der Waals surface area contributed by atoms with E-state index in [4.69, 9.17) is 0 Å². The molecule has 3 rings (SSSR count). The van der Waals surface area contributed by atoms with Crippen LogP contribution in [0, 0.1) is 6.92 Å². The summed E-state index contributed by atoms with van der Waals surface area (Å²) in [7, 11) is 0. The van der Waals surface area contributed by atoms with Crippen LogP contribution in [0.2, 0.25) is 0 Å². The molecule has 1 heterocycles. The van der Waals surface area contributed by atoms with E-state index in [1.165, 1.54) is 12.1 Å². The van der Waals surface area contributed by atoms with E-state index in [2.05, 4.69) is 14.7 Å². The SMILES string of the molecule is CCCC(=NCCc1c(C)[nH]c2ccc(OC(F)(F)F)cc12)C1=C(O)CCCC1=O. The van der Waals surface area contributed by atoms with Gasteiger partial charge in [-0.05, 0) is 49.9 Å². The van der Waals surface area contributed by atoms with Crippen LogP contribution in [-0.2, 0) is 11.2 Å². The molecule has 5 nitrogen and oxygen atoms in total. The number of nitrogens with zero attached hydrogens (tertiary/aromatic N) is 1. The molecule has 30 heavy (non-hydrogen) atoms. The average molecular weight is 422 g/mol. The summed E-state index contributed by atoms with van der Waals surface area (Å²) < 4.78 is 41.7. The lowest BCUT2D eigenvalue weighted by Crippen LogP contribution is -2.20. The molecule has 0 bridgehead atoms. The molecule has 2 aromatic rings. The van der Waals surface area contributed by atoms with Crippen LogP contribution in [0.1, 0.15) is 50.3 Å². The van der Waals surface area contributed by atoms with Crippen LogP contribution < -0.4 is 4.74 Å². The topological polar surface area (TPSA) is 74.7 Å². The standard InChI is InChI=1S/C22H25F3N2O3/c1-3-5-18(21-19(28)6-4-7-20(21)29)26-11-10-15-13(2)27-17-9-8-14(12-16(15)17)30-22(23,24)25/h8-9,12,27-28H,3-7,10-11H2,1-2H3. The molecule has 0 amide bonds. The van der Waals surface area contributed by atoms with Gasteiger partial charge in [0.05, 0.1) is 5.57 Å². The summed E-state index contributed by atoms with van der Waals surface area (Å²) in [6.45, 7) is 4.19. The molecule has 0 atom stereocenters. The maximum Gasteiger partial charge on any atom is 0.573 e.